The Morgan fingerprint density at radius 3 is 2.50 bits per heavy atom. The van der Waals surface area contributed by atoms with E-state index >= 15 is 0 Å². The standard InChI is InChI=1S/C13H12FNO3/c1-13(2,12(16)17)10-7-15-11(18-10)8-3-5-9(14)6-4-8/h3-7H,1-2H3,(H,16,17). The Morgan fingerprint density at radius 1 is 1.33 bits per heavy atom. The van der Waals surface area contributed by atoms with Crippen molar-refractivity contribution >= 4 is 5.97 Å². The molecule has 0 aliphatic rings. The van der Waals surface area contributed by atoms with Gasteiger partial charge in [-0.1, -0.05) is 0 Å². The summed E-state index contributed by atoms with van der Waals surface area (Å²) in [4.78, 5) is 15.1. The maximum Gasteiger partial charge on any atom is 0.316 e. The first-order valence-electron chi connectivity index (χ1n) is 5.37. The highest BCUT2D eigenvalue weighted by molar-refractivity contribution is 5.79. The third kappa shape index (κ3) is 2.11. The van der Waals surface area contributed by atoms with Crippen LogP contribution in [0.2, 0.25) is 0 Å². The number of carboxylic acids is 1. The van der Waals surface area contributed by atoms with Gasteiger partial charge in [0.25, 0.3) is 0 Å². The molecule has 2 aromatic rings. The first-order chi connectivity index (χ1) is 8.41. The molecular weight excluding hydrogens is 237 g/mol. The van der Waals surface area contributed by atoms with E-state index in [1.54, 1.807) is 0 Å². The van der Waals surface area contributed by atoms with E-state index in [1.807, 2.05) is 0 Å². The number of hydrogen-bond acceptors (Lipinski definition) is 3. The van der Waals surface area contributed by atoms with Gasteiger partial charge in [0.05, 0.1) is 6.20 Å². The molecule has 1 aromatic heterocycles. The Labute approximate surface area is 103 Å². The number of carbonyl (C=O) groups is 1. The van der Waals surface area contributed by atoms with Gasteiger partial charge < -0.3 is 9.52 Å². The fourth-order valence-corrected chi connectivity index (χ4v) is 1.39. The van der Waals surface area contributed by atoms with Crippen LogP contribution in [0.25, 0.3) is 11.5 Å². The first kappa shape index (κ1) is 12.3. The zero-order chi connectivity index (χ0) is 13.3. The average molecular weight is 249 g/mol. The second-order valence-electron chi connectivity index (χ2n) is 4.47. The van der Waals surface area contributed by atoms with E-state index in [0.717, 1.165) is 0 Å². The predicted molar refractivity (Wildman–Crippen MR) is 62.6 cm³/mol. The topological polar surface area (TPSA) is 63.3 Å². The highest BCUT2D eigenvalue weighted by atomic mass is 19.1. The molecule has 0 aliphatic heterocycles. The van der Waals surface area contributed by atoms with E-state index < -0.39 is 11.4 Å². The van der Waals surface area contributed by atoms with Gasteiger partial charge >= 0.3 is 5.97 Å². The van der Waals surface area contributed by atoms with Crippen molar-refractivity contribution < 1.29 is 18.7 Å². The molecule has 0 radical (unpaired) electrons. The SMILES string of the molecule is CC(C)(C(=O)O)c1cnc(-c2ccc(F)cc2)o1. The lowest BCUT2D eigenvalue weighted by molar-refractivity contribution is -0.143. The van der Waals surface area contributed by atoms with Crippen LogP contribution < -0.4 is 0 Å². The van der Waals surface area contributed by atoms with Crippen molar-refractivity contribution in [1.29, 1.82) is 0 Å². The zero-order valence-corrected chi connectivity index (χ0v) is 9.98. The van der Waals surface area contributed by atoms with Crippen molar-refractivity contribution in [3.63, 3.8) is 0 Å². The van der Waals surface area contributed by atoms with Gasteiger partial charge in [-0.25, -0.2) is 9.37 Å². The van der Waals surface area contributed by atoms with E-state index in [2.05, 4.69) is 4.98 Å². The van der Waals surface area contributed by atoms with Crippen LogP contribution in [0.1, 0.15) is 19.6 Å². The van der Waals surface area contributed by atoms with Crippen molar-refractivity contribution in [2.75, 3.05) is 0 Å². The summed E-state index contributed by atoms with van der Waals surface area (Å²) in [6.07, 6.45) is 1.38. The minimum atomic E-state index is -1.15. The van der Waals surface area contributed by atoms with Crippen molar-refractivity contribution in [3.8, 4) is 11.5 Å². The molecule has 0 spiro atoms. The maximum absolute atomic E-state index is 12.8. The van der Waals surface area contributed by atoms with Gasteiger partial charge in [-0.2, -0.15) is 0 Å². The van der Waals surface area contributed by atoms with Crippen molar-refractivity contribution in [3.05, 3.63) is 42.0 Å². The average Bonchev–Trinajstić information content (AvgIpc) is 2.79. The number of benzene rings is 1. The fourth-order valence-electron chi connectivity index (χ4n) is 1.39. The third-order valence-electron chi connectivity index (χ3n) is 2.75. The molecule has 94 valence electrons. The Morgan fingerprint density at radius 2 is 1.94 bits per heavy atom. The van der Waals surface area contributed by atoms with E-state index in [0.29, 0.717) is 5.56 Å². The summed E-state index contributed by atoms with van der Waals surface area (Å²) in [6.45, 7) is 3.06. The molecule has 0 saturated carbocycles. The smallest absolute Gasteiger partial charge is 0.316 e. The van der Waals surface area contributed by atoms with Gasteiger partial charge in [0.2, 0.25) is 5.89 Å². The molecule has 0 unspecified atom stereocenters. The van der Waals surface area contributed by atoms with Crippen molar-refractivity contribution in [1.82, 2.24) is 4.98 Å². The normalized spacial score (nSPS) is 11.5. The molecule has 1 N–H and O–H groups in total. The van der Waals surface area contributed by atoms with E-state index in [4.69, 9.17) is 9.52 Å². The van der Waals surface area contributed by atoms with Gasteiger partial charge in [-0.3, -0.25) is 4.79 Å². The van der Waals surface area contributed by atoms with Gasteiger partial charge in [-0.05, 0) is 38.1 Å². The summed E-state index contributed by atoms with van der Waals surface area (Å²) in [7, 11) is 0. The van der Waals surface area contributed by atoms with E-state index in [1.165, 1.54) is 44.3 Å². The zero-order valence-electron chi connectivity index (χ0n) is 9.98. The first-order valence-corrected chi connectivity index (χ1v) is 5.37. The molecule has 5 heteroatoms. The molecule has 0 saturated heterocycles. The summed E-state index contributed by atoms with van der Waals surface area (Å²) in [5.41, 5.74) is -0.547. The molecule has 1 heterocycles. The highest BCUT2D eigenvalue weighted by Crippen LogP contribution is 2.28. The van der Waals surface area contributed by atoms with Crippen LogP contribution in [0.4, 0.5) is 4.39 Å². The Kier molecular flexibility index (Phi) is 2.90. The molecule has 1 aromatic carbocycles. The lowest BCUT2D eigenvalue weighted by Gasteiger charge is -2.14. The maximum atomic E-state index is 12.8. The highest BCUT2D eigenvalue weighted by Gasteiger charge is 2.33. The number of carboxylic acid groups (broad SMARTS) is 1. The number of hydrogen-bond donors (Lipinski definition) is 1. The molecule has 0 bridgehead atoms. The van der Waals surface area contributed by atoms with Gasteiger partial charge in [0.1, 0.15) is 17.0 Å². The van der Waals surface area contributed by atoms with Crippen LogP contribution in [0.3, 0.4) is 0 Å². The second-order valence-corrected chi connectivity index (χ2v) is 4.47. The number of oxazole rings is 1. The largest absolute Gasteiger partial charge is 0.481 e. The number of rotatable bonds is 3. The lowest BCUT2D eigenvalue weighted by atomic mass is 9.91. The summed E-state index contributed by atoms with van der Waals surface area (Å²) in [5, 5.41) is 9.07. The minimum Gasteiger partial charge on any atom is -0.481 e. The van der Waals surface area contributed by atoms with E-state index in [9.17, 15) is 9.18 Å². The number of aliphatic carboxylic acids is 1. The fraction of sp³-hybridized carbons (Fsp3) is 0.231. The van der Waals surface area contributed by atoms with E-state index in [-0.39, 0.29) is 17.5 Å². The van der Waals surface area contributed by atoms with Crippen molar-refractivity contribution in [2.45, 2.75) is 19.3 Å². The van der Waals surface area contributed by atoms with Gasteiger partial charge in [0, 0.05) is 5.56 Å². The van der Waals surface area contributed by atoms with Gasteiger partial charge in [-0.15, -0.1) is 0 Å². The quantitative estimate of drug-likeness (QED) is 0.908. The molecular formula is C13H12FNO3. The van der Waals surface area contributed by atoms with Crippen LogP contribution in [0.15, 0.2) is 34.9 Å². The minimum absolute atomic E-state index is 0.259. The van der Waals surface area contributed by atoms with Crippen LogP contribution in [0.5, 0.6) is 0 Å². The molecule has 18 heavy (non-hydrogen) atoms. The summed E-state index contributed by atoms with van der Waals surface area (Å²) < 4.78 is 18.2. The molecule has 2 rings (SSSR count). The Balaban J connectivity index is 2.37. The van der Waals surface area contributed by atoms with Crippen LogP contribution >= 0.6 is 0 Å². The molecule has 0 atom stereocenters. The number of halogens is 1. The van der Waals surface area contributed by atoms with Crippen LogP contribution in [0, 0.1) is 5.82 Å². The van der Waals surface area contributed by atoms with Crippen LogP contribution in [-0.4, -0.2) is 16.1 Å². The Hall–Kier alpha value is -2.17. The lowest BCUT2D eigenvalue weighted by Crippen LogP contribution is -2.27. The van der Waals surface area contributed by atoms with Crippen molar-refractivity contribution in [2.24, 2.45) is 0 Å². The summed E-state index contributed by atoms with van der Waals surface area (Å²) in [5.74, 6) is -0.811. The molecule has 0 aliphatic carbocycles. The molecule has 4 nitrogen and oxygen atoms in total. The predicted octanol–water partition coefficient (Wildman–Crippen LogP) is 2.84. The number of nitrogens with zero attached hydrogens (tertiary/aromatic N) is 1. The molecule has 0 amide bonds. The molecule has 0 fully saturated rings. The Bertz CT molecular complexity index is 572. The number of aromatic nitrogens is 1. The van der Waals surface area contributed by atoms with Crippen LogP contribution in [-0.2, 0) is 10.2 Å². The second kappa shape index (κ2) is 4.25. The summed E-state index contributed by atoms with van der Waals surface area (Å²) >= 11 is 0. The third-order valence-corrected chi connectivity index (χ3v) is 2.75. The monoisotopic (exact) mass is 249 g/mol. The van der Waals surface area contributed by atoms with Gasteiger partial charge in [0.15, 0.2) is 0 Å². The summed E-state index contributed by atoms with van der Waals surface area (Å²) in [6, 6.07) is 5.64.